The highest BCUT2D eigenvalue weighted by molar-refractivity contribution is 5.85. The van der Waals surface area contributed by atoms with E-state index in [1.807, 2.05) is 4.90 Å². The predicted octanol–water partition coefficient (Wildman–Crippen LogP) is 1.27. The Morgan fingerprint density at radius 3 is 2.53 bits per heavy atom. The maximum absolute atomic E-state index is 12.0. The summed E-state index contributed by atoms with van der Waals surface area (Å²) in [7, 11) is 0. The number of nitrogens with one attached hydrogen (secondary N) is 1. The molecule has 1 saturated heterocycles. The van der Waals surface area contributed by atoms with Crippen molar-refractivity contribution < 1.29 is 4.79 Å². The summed E-state index contributed by atoms with van der Waals surface area (Å²) in [5, 5.41) is 3.36. The molecule has 1 saturated carbocycles. The number of hydrogen-bond acceptors (Lipinski definition) is 2. The van der Waals surface area contributed by atoms with Crippen LogP contribution < -0.4 is 5.32 Å². The zero-order valence-corrected chi connectivity index (χ0v) is 10.3. The second kappa shape index (κ2) is 5.17. The van der Waals surface area contributed by atoms with E-state index < -0.39 is 0 Å². The van der Waals surface area contributed by atoms with E-state index in [2.05, 4.69) is 19.2 Å². The molecule has 15 heavy (non-hydrogen) atoms. The van der Waals surface area contributed by atoms with Crippen LogP contribution in [0.4, 0.5) is 0 Å². The van der Waals surface area contributed by atoms with Crippen LogP contribution in [-0.2, 0) is 4.79 Å². The summed E-state index contributed by atoms with van der Waals surface area (Å²) in [4.78, 5) is 14.0. The van der Waals surface area contributed by atoms with Crippen LogP contribution in [0.3, 0.4) is 0 Å². The van der Waals surface area contributed by atoms with Crippen molar-refractivity contribution in [1.82, 2.24) is 10.2 Å². The van der Waals surface area contributed by atoms with Crippen LogP contribution in [0.15, 0.2) is 0 Å². The third kappa shape index (κ3) is 2.85. The fraction of sp³-hybridized carbons (Fsp3) is 0.909. The number of amides is 1. The Kier molecular flexibility index (Phi) is 4.41. The summed E-state index contributed by atoms with van der Waals surface area (Å²) in [5.41, 5.74) is 0. The van der Waals surface area contributed by atoms with Crippen molar-refractivity contribution in [1.29, 1.82) is 0 Å². The van der Waals surface area contributed by atoms with E-state index in [1.54, 1.807) is 0 Å². The highest BCUT2D eigenvalue weighted by Crippen LogP contribution is 2.34. The molecule has 1 N–H and O–H groups in total. The van der Waals surface area contributed by atoms with Gasteiger partial charge in [-0.15, -0.1) is 12.4 Å². The van der Waals surface area contributed by atoms with Crippen molar-refractivity contribution in [2.24, 2.45) is 11.8 Å². The Morgan fingerprint density at radius 1 is 1.33 bits per heavy atom. The van der Waals surface area contributed by atoms with E-state index in [0.717, 1.165) is 38.4 Å². The summed E-state index contributed by atoms with van der Waals surface area (Å²) in [6.07, 6.45) is 2.22. The minimum absolute atomic E-state index is 0. The first-order valence-corrected chi connectivity index (χ1v) is 5.69. The van der Waals surface area contributed by atoms with E-state index in [4.69, 9.17) is 0 Å². The molecule has 1 heterocycles. The van der Waals surface area contributed by atoms with Crippen LogP contribution in [0.2, 0.25) is 0 Å². The Morgan fingerprint density at radius 2 is 2.00 bits per heavy atom. The van der Waals surface area contributed by atoms with Crippen LogP contribution in [0, 0.1) is 11.8 Å². The van der Waals surface area contributed by atoms with Gasteiger partial charge in [0.2, 0.25) is 5.91 Å². The molecule has 2 aliphatic rings. The van der Waals surface area contributed by atoms with E-state index in [0.29, 0.717) is 17.9 Å². The molecule has 0 radical (unpaired) electrons. The highest BCUT2D eigenvalue weighted by Gasteiger charge is 2.35. The van der Waals surface area contributed by atoms with Crippen molar-refractivity contribution in [3.8, 4) is 0 Å². The van der Waals surface area contributed by atoms with Gasteiger partial charge in [-0.1, -0.05) is 6.92 Å². The van der Waals surface area contributed by atoms with Crippen LogP contribution in [0.1, 0.15) is 26.7 Å². The van der Waals surface area contributed by atoms with Crippen molar-refractivity contribution in [3.63, 3.8) is 0 Å². The van der Waals surface area contributed by atoms with E-state index in [-0.39, 0.29) is 12.4 Å². The number of nitrogens with zero attached hydrogens (tertiary/aromatic N) is 1. The standard InChI is InChI=1S/C11H20N2O.ClH/c1-8-5-10(6-8)11(14)13-4-3-12-9(2)7-13;/h8-10,12H,3-7H2,1-2H3;1H/t8?,9-,10?;/m0./s1. The SMILES string of the molecule is CC1CC(C(=O)N2CCN[C@@H](C)C2)C1.Cl. The van der Waals surface area contributed by atoms with Crippen molar-refractivity contribution in [2.45, 2.75) is 32.7 Å². The smallest absolute Gasteiger partial charge is 0.225 e. The van der Waals surface area contributed by atoms with Gasteiger partial charge in [0.25, 0.3) is 0 Å². The van der Waals surface area contributed by atoms with Gasteiger partial charge in [0.1, 0.15) is 0 Å². The van der Waals surface area contributed by atoms with Crippen LogP contribution in [0.25, 0.3) is 0 Å². The van der Waals surface area contributed by atoms with Gasteiger partial charge in [-0.3, -0.25) is 4.79 Å². The number of carbonyl (C=O) groups is 1. The topological polar surface area (TPSA) is 32.3 Å². The van der Waals surface area contributed by atoms with Crippen LogP contribution >= 0.6 is 12.4 Å². The molecule has 2 fully saturated rings. The number of carbonyl (C=O) groups excluding carboxylic acids is 1. The Bertz CT molecular complexity index is 229. The van der Waals surface area contributed by atoms with Gasteiger partial charge in [-0.05, 0) is 25.7 Å². The average molecular weight is 233 g/mol. The molecule has 0 aromatic carbocycles. The van der Waals surface area contributed by atoms with E-state index >= 15 is 0 Å². The van der Waals surface area contributed by atoms with Gasteiger partial charge in [-0.2, -0.15) is 0 Å². The summed E-state index contributed by atoms with van der Waals surface area (Å²) in [5.74, 6) is 1.51. The molecule has 1 atom stereocenters. The lowest BCUT2D eigenvalue weighted by Crippen LogP contribution is -2.54. The molecule has 1 aliphatic carbocycles. The third-order valence-electron chi connectivity index (χ3n) is 3.40. The quantitative estimate of drug-likeness (QED) is 0.739. The minimum Gasteiger partial charge on any atom is -0.340 e. The monoisotopic (exact) mass is 232 g/mol. The normalized spacial score (nSPS) is 35.3. The molecule has 0 spiro atoms. The van der Waals surface area contributed by atoms with Gasteiger partial charge in [0.15, 0.2) is 0 Å². The number of piperazine rings is 1. The first kappa shape index (κ1) is 12.8. The fourth-order valence-corrected chi connectivity index (χ4v) is 2.49. The van der Waals surface area contributed by atoms with Crippen molar-refractivity contribution >= 4 is 18.3 Å². The number of halogens is 1. The molecular formula is C11H21ClN2O. The van der Waals surface area contributed by atoms with Gasteiger partial charge >= 0.3 is 0 Å². The maximum Gasteiger partial charge on any atom is 0.225 e. The van der Waals surface area contributed by atoms with E-state index in [9.17, 15) is 4.79 Å². The minimum atomic E-state index is 0. The molecule has 3 nitrogen and oxygen atoms in total. The zero-order valence-electron chi connectivity index (χ0n) is 9.53. The van der Waals surface area contributed by atoms with Gasteiger partial charge in [0.05, 0.1) is 0 Å². The number of hydrogen-bond donors (Lipinski definition) is 1. The van der Waals surface area contributed by atoms with Gasteiger partial charge in [0, 0.05) is 31.6 Å². The Balaban J connectivity index is 0.00000112. The third-order valence-corrected chi connectivity index (χ3v) is 3.40. The van der Waals surface area contributed by atoms with Crippen LogP contribution in [-0.4, -0.2) is 36.5 Å². The summed E-state index contributed by atoms with van der Waals surface area (Å²) in [6, 6.07) is 0.463. The molecule has 0 bridgehead atoms. The first-order valence-electron chi connectivity index (χ1n) is 5.69. The predicted molar refractivity (Wildman–Crippen MR) is 63.2 cm³/mol. The van der Waals surface area contributed by atoms with Crippen molar-refractivity contribution in [2.75, 3.05) is 19.6 Å². The van der Waals surface area contributed by atoms with Crippen LogP contribution in [0.5, 0.6) is 0 Å². The molecule has 1 aliphatic heterocycles. The average Bonchev–Trinajstić information content (AvgIpc) is 2.12. The maximum atomic E-state index is 12.0. The van der Waals surface area contributed by atoms with E-state index in [1.165, 1.54) is 0 Å². The second-order valence-electron chi connectivity index (χ2n) is 4.91. The molecule has 4 heteroatoms. The summed E-state index contributed by atoms with van der Waals surface area (Å²) < 4.78 is 0. The lowest BCUT2D eigenvalue weighted by Gasteiger charge is -2.39. The lowest BCUT2D eigenvalue weighted by molar-refractivity contribution is -0.140. The molecule has 0 aromatic rings. The largest absolute Gasteiger partial charge is 0.340 e. The Labute approximate surface area is 98.0 Å². The Hall–Kier alpha value is -0.280. The van der Waals surface area contributed by atoms with Gasteiger partial charge in [-0.25, -0.2) is 0 Å². The fourth-order valence-electron chi connectivity index (χ4n) is 2.49. The summed E-state index contributed by atoms with van der Waals surface area (Å²) >= 11 is 0. The number of rotatable bonds is 1. The molecule has 0 aromatic heterocycles. The molecule has 88 valence electrons. The van der Waals surface area contributed by atoms with Gasteiger partial charge < -0.3 is 10.2 Å². The lowest BCUT2D eigenvalue weighted by atomic mass is 9.75. The summed E-state index contributed by atoms with van der Waals surface area (Å²) in [6.45, 7) is 7.11. The second-order valence-corrected chi connectivity index (χ2v) is 4.91. The first-order chi connectivity index (χ1) is 6.66. The zero-order chi connectivity index (χ0) is 10.1. The molecule has 1 amide bonds. The molecular weight excluding hydrogens is 212 g/mol. The van der Waals surface area contributed by atoms with Crippen molar-refractivity contribution in [3.05, 3.63) is 0 Å². The molecule has 2 rings (SSSR count). The highest BCUT2D eigenvalue weighted by atomic mass is 35.5. The molecule has 0 unspecified atom stereocenters.